The fraction of sp³-hybridized carbons (Fsp3) is 0.0526. The molecule has 0 saturated carbocycles. The lowest BCUT2D eigenvalue weighted by atomic mass is 10.2. The van der Waals surface area contributed by atoms with Crippen molar-refractivity contribution in [2.75, 3.05) is 5.32 Å². The fourth-order valence-electron chi connectivity index (χ4n) is 2.23. The van der Waals surface area contributed by atoms with Crippen LogP contribution in [-0.2, 0) is 4.79 Å². The van der Waals surface area contributed by atoms with Crippen LogP contribution in [-0.4, -0.2) is 12.1 Å². The molecule has 126 valence electrons. The molecular weight excluding hydrogens is 359 g/mol. The van der Waals surface area contributed by atoms with Crippen LogP contribution in [0, 0.1) is 0 Å². The number of carbonyl (C=O) groups excluding carboxylic acids is 1. The number of furan rings is 1. The highest BCUT2D eigenvalue weighted by Crippen LogP contribution is 2.34. The molecule has 1 N–H and O–H groups in total. The van der Waals surface area contributed by atoms with Crippen LogP contribution in [0.25, 0.3) is 11.3 Å². The van der Waals surface area contributed by atoms with Gasteiger partial charge >= 0.3 is 0 Å². The smallest absolute Gasteiger partial charge is 0.221 e. The van der Waals surface area contributed by atoms with Crippen molar-refractivity contribution in [3.63, 3.8) is 0 Å². The summed E-state index contributed by atoms with van der Waals surface area (Å²) in [6.45, 7) is 1.47. The summed E-state index contributed by atoms with van der Waals surface area (Å²) < 4.78 is 5.75. The number of amides is 1. The first-order valence-electron chi connectivity index (χ1n) is 7.49. The van der Waals surface area contributed by atoms with E-state index in [1.165, 1.54) is 6.92 Å². The van der Waals surface area contributed by atoms with Crippen molar-refractivity contribution in [2.45, 2.75) is 6.92 Å². The predicted octanol–water partition coefficient (Wildman–Crippen LogP) is 5.96. The number of rotatable bonds is 4. The summed E-state index contributed by atoms with van der Waals surface area (Å²) in [6, 6.07) is 16.2. The molecule has 0 spiro atoms. The van der Waals surface area contributed by atoms with Gasteiger partial charge in [-0.2, -0.15) is 0 Å². The molecule has 0 saturated heterocycles. The zero-order valence-corrected chi connectivity index (χ0v) is 14.8. The van der Waals surface area contributed by atoms with Gasteiger partial charge < -0.3 is 9.73 Å². The van der Waals surface area contributed by atoms with Gasteiger partial charge in [-0.15, -0.1) is 0 Å². The Morgan fingerprint density at radius 2 is 1.84 bits per heavy atom. The molecule has 0 bridgehead atoms. The molecule has 3 aromatic rings. The quantitative estimate of drug-likeness (QED) is 0.574. The zero-order valence-electron chi connectivity index (χ0n) is 13.3. The number of hydrogen-bond donors (Lipinski definition) is 1. The average molecular weight is 373 g/mol. The summed E-state index contributed by atoms with van der Waals surface area (Å²) in [5.74, 6) is 1.10. The van der Waals surface area contributed by atoms with E-state index in [1.807, 2.05) is 24.3 Å². The van der Waals surface area contributed by atoms with Crippen LogP contribution in [0.3, 0.4) is 0 Å². The SMILES string of the molecule is CC(=O)Nc1ccc(N=Cc2ccc(-c3cccc(Cl)c3Cl)o2)cc1. The van der Waals surface area contributed by atoms with Crippen molar-refractivity contribution in [2.24, 2.45) is 4.99 Å². The largest absolute Gasteiger partial charge is 0.455 e. The molecule has 6 heteroatoms. The van der Waals surface area contributed by atoms with Crippen molar-refractivity contribution in [1.82, 2.24) is 0 Å². The van der Waals surface area contributed by atoms with Crippen molar-refractivity contribution >= 4 is 46.7 Å². The summed E-state index contributed by atoms with van der Waals surface area (Å²) in [4.78, 5) is 15.4. The van der Waals surface area contributed by atoms with Gasteiger partial charge in [-0.25, -0.2) is 0 Å². The maximum atomic E-state index is 11.0. The highest BCUT2D eigenvalue weighted by Gasteiger charge is 2.10. The molecule has 1 heterocycles. The van der Waals surface area contributed by atoms with E-state index in [0.717, 1.165) is 16.9 Å². The molecule has 4 nitrogen and oxygen atoms in total. The van der Waals surface area contributed by atoms with Gasteiger partial charge in [-0.1, -0.05) is 29.3 Å². The lowest BCUT2D eigenvalue weighted by Crippen LogP contribution is -2.04. The summed E-state index contributed by atoms with van der Waals surface area (Å²) in [5.41, 5.74) is 2.20. The van der Waals surface area contributed by atoms with E-state index < -0.39 is 0 Å². The van der Waals surface area contributed by atoms with Crippen LogP contribution >= 0.6 is 23.2 Å². The van der Waals surface area contributed by atoms with Gasteiger partial charge in [-0.05, 0) is 48.5 Å². The van der Waals surface area contributed by atoms with Crippen LogP contribution in [0.5, 0.6) is 0 Å². The molecule has 0 aliphatic heterocycles. The van der Waals surface area contributed by atoms with Crippen LogP contribution < -0.4 is 5.32 Å². The highest BCUT2D eigenvalue weighted by atomic mass is 35.5. The second-order valence-corrected chi connectivity index (χ2v) is 6.07. The molecule has 1 aromatic heterocycles. The van der Waals surface area contributed by atoms with Gasteiger partial charge in [-0.3, -0.25) is 9.79 Å². The van der Waals surface area contributed by atoms with E-state index in [-0.39, 0.29) is 5.91 Å². The number of anilines is 1. The van der Waals surface area contributed by atoms with Gasteiger partial charge in [0.1, 0.15) is 11.5 Å². The van der Waals surface area contributed by atoms with Crippen molar-refractivity contribution < 1.29 is 9.21 Å². The first-order valence-corrected chi connectivity index (χ1v) is 8.24. The summed E-state index contributed by atoms with van der Waals surface area (Å²) in [7, 11) is 0. The Balaban J connectivity index is 1.76. The molecule has 25 heavy (non-hydrogen) atoms. The van der Waals surface area contributed by atoms with Crippen molar-refractivity contribution in [1.29, 1.82) is 0 Å². The first-order chi connectivity index (χ1) is 12.0. The number of halogens is 2. The highest BCUT2D eigenvalue weighted by molar-refractivity contribution is 6.43. The maximum absolute atomic E-state index is 11.0. The van der Waals surface area contributed by atoms with E-state index in [9.17, 15) is 4.79 Å². The third kappa shape index (κ3) is 4.29. The molecule has 2 aromatic carbocycles. The minimum absolute atomic E-state index is 0.112. The Bertz CT molecular complexity index is 931. The third-order valence-electron chi connectivity index (χ3n) is 3.37. The molecule has 3 rings (SSSR count). The Morgan fingerprint density at radius 1 is 1.08 bits per heavy atom. The van der Waals surface area contributed by atoms with Crippen molar-refractivity contribution in [3.8, 4) is 11.3 Å². The van der Waals surface area contributed by atoms with E-state index >= 15 is 0 Å². The van der Waals surface area contributed by atoms with E-state index in [2.05, 4.69) is 10.3 Å². The minimum atomic E-state index is -0.112. The molecule has 0 radical (unpaired) electrons. The average Bonchev–Trinajstić information content (AvgIpc) is 3.05. The molecule has 1 amide bonds. The normalized spacial score (nSPS) is 11.0. The van der Waals surface area contributed by atoms with Crippen LogP contribution in [0.1, 0.15) is 12.7 Å². The van der Waals surface area contributed by atoms with Gasteiger partial charge in [0.25, 0.3) is 0 Å². The monoisotopic (exact) mass is 372 g/mol. The molecule has 0 aliphatic rings. The number of hydrogen-bond acceptors (Lipinski definition) is 3. The molecular formula is C19H14Cl2N2O2. The van der Waals surface area contributed by atoms with Gasteiger partial charge in [0.2, 0.25) is 5.91 Å². The number of nitrogens with one attached hydrogen (secondary N) is 1. The maximum Gasteiger partial charge on any atom is 0.221 e. The van der Waals surface area contributed by atoms with Crippen LogP contribution in [0.2, 0.25) is 10.0 Å². The number of benzene rings is 2. The lowest BCUT2D eigenvalue weighted by molar-refractivity contribution is -0.114. The molecule has 0 unspecified atom stereocenters. The lowest BCUT2D eigenvalue weighted by Gasteiger charge is -2.02. The van der Waals surface area contributed by atoms with Gasteiger partial charge in [0.05, 0.1) is 21.9 Å². The summed E-state index contributed by atoms with van der Waals surface area (Å²) >= 11 is 12.2. The first kappa shape index (κ1) is 17.3. The number of nitrogens with zero attached hydrogens (tertiary/aromatic N) is 1. The molecule has 0 atom stereocenters. The molecule has 0 fully saturated rings. The van der Waals surface area contributed by atoms with Crippen LogP contribution in [0.4, 0.5) is 11.4 Å². The second-order valence-electron chi connectivity index (χ2n) is 5.29. The van der Waals surface area contributed by atoms with Gasteiger partial charge in [0.15, 0.2) is 0 Å². The predicted molar refractivity (Wildman–Crippen MR) is 102 cm³/mol. The summed E-state index contributed by atoms with van der Waals surface area (Å²) in [6.07, 6.45) is 1.62. The van der Waals surface area contributed by atoms with E-state index in [0.29, 0.717) is 21.6 Å². The fourth-order valence-corrected chi connectivity index (χ4v) is 2.63. The standard InChI is InChI=1S/C19H14Cl2N2O2/c1-12(24)23-14-7-5-13(6-8-14)22-11-15-9-10-18(25-15)16-3-2-4-17(20)19(16)21/h2-11H,1H3,(H,23,24). The Labute approximate surface area is 155 Å². The van der Waals surface area contributed by atoms with E-state index in [4.69, 9.17) is 27.6 Å². The van der Waals surface area contributed by atoms with Gasteiger partial charge in [0, 0.05) is 18.2 Å². The number of carbonyl (C=O) groups is 1. The topological polar surface area (TPSA) is 54.6 Å². The molecule has 0 aliphatic carbocycles. The van der Waals surface area contributed by atoms with Crippen molar-refractivity contribution in [3.05, 3.63) is 70.4 Å². The summed E-state index contributed by atoms with van der Waals surface area (Å²) in [5, 5.41) is 3.64. The van der Waals surface area contributed by atoms with Crippen LogP contribution in [0.15, 0.2) is 64.0 Å². The minimum Gasteiger partial charge on any atom is -0.455 e. The third-order valence-corrected chi connectivity index (χ3v) is 4.19. The number of aliphatic imine (C=N–C) groups is 1. The van der Waals surface area contributed by atoms with E-state index in [1.54, 1.807) is 36.5 Å². The zero-order chi connectivity index (χ0) is 17.8. The Morgan fingerprint density at radius 3 is 2.56 bits per heavy atom. The Hall–Kier alpha value is -2.56. The Kier molecular flexibility index (Phi) is 5.22. The second kappa shape index (κ2) is 7.55.